The Hall–Kier alpha value is -0.180. The first kappa shape index (κ1) is 16.8. The van der Waals surface area contributed by atoms with Crippen LogP contribution < -0.4 is 10.6 Å². The summed E-state index contributed by atoms with van der Waals surface area (Å²) < 4.78 is 40.4. The quantitative estimate of drug-likeness (QED) is 0.752. The molecule has 9 heteroatoms. The van der Waals surface area contributed by atoms with Crippen molar-refractivity contribution in [1.82, 2.24) is 10.6 Å². The first-order valence-corrected chi connectivity index (χ1v) is 5.78. The number of halogens is 4. The minimum Gasteiger partial charge on any atom is -0.366 e. The summed E-state index contributed by atoms with van der Waals surface area (Å²) in [5.74, 6) is -0.551. The van der Waals surface area contributed by atoms with Crippen LogP contribution in [0.5, 0.6) is 0 Å². The molecule has 0 aromatic heterocycles. The van der Waals surface area contributed by atoms with Gasteiger partial charge in [-0.05, 0) is 11.8 Å². The molecule has 0 aromatic carbocycles. The molecule has 0 saturated carbocycles. The number of morpholine rings is 1. The summed E-state index contributed by atoms with van der Waals surface area (Å²) in [6.07, 6.45) is -0.593. The summed E-state index contributed by atoms with van der Waals surface area (Å²) in [5.41, 5.74) is -4.24. The van der Waals surface area contributed by atoms with Gasteiger partial charge in [0.25, 0.3) is 0 Å². The van der Waals surface area contributed by atoms with Gasteiger partial charge in [0.1, 0.15) is 6.10 Å². The van der Waals surface area contributed by atoms with Gasteiger partial charge in [-0.2, -0.15) is 13.2 Å². The van der Waals surface area contributed by atoms with Crippen LogP contribution in [-0.4, -0.2) is 49.5 Å². The van der Waals surface area contributed by atoms with Crippen LogP contribution in [0, 0.1) is 0 Å². The second-order valence-corrected chi connectivity index (χ2v) is 4.31. The molecular weight excluding hydrogens is 281 g/mol. The van der Waals surface area contributed by atoms with Gasteiger partial charge >= 0.3 is 5.51 Å². The fourth-order valence-corrected chi connectivity index (χ4v) is 1.62. The van der Waals surface area contributed by atoms with Crippen LogP contribution in [0.3, 0.4) is 0 Å². The zero-order chi connectivity index (χ0) is 12.0. The summed E-state index contributed by atoms with van der Waals surface area (Å²) in [4.78, 5) is 11.4. The molecule has 0 aromatic rings. The van der Waals surface area contributed by atoms with Crippen LogP contribution in [0.4, 0.5) is 13.2 Å². The van der Waals surface area contributed by atoms with Crippen molar-refractivity contribution < 1.29 is 22.7 Å². The topological polar surface area (TPSA) is 50.4 Å². The Morgan fingerprint density at radius 3 is 2.76 bits per heavy atom. The summed E-state index contributed by atoms with van der Waals surface area (Å²) in [7, 11) is 0. The fourth-order valence-electron chi connectivity index (χ4n) is 1.19. The largest absolute Gasteiger partial charge is 0.441 e. The number of ether oxygens (including phenoxy) is 1. The predicted molar refractivity (Wildman–Crippen MR) is 61.4 cm³/mol. The number of carbonyl (C=O) groups is 1. The summed E-state index contributed by atoms with van der Waals surface area (Å²) >= 11 is -0.149. The molecule has 1 amide bonds. The molecule has 0 aliphatic carbocycles. The van der Waals surface area contributed by atoms with Crippen LogP contribution >= 0.6 is 24.2 Å². The molecule has 2 N–H and O–H groups in total. The maximum absolute atomic E-state index is 11.8. The zero-order valence-electron chi connectivity index (χ0n) is 8.88. The maximum Gasteiger partial charge on any atom is 0.441 e. The third kappa shape index (κ3) is 7.69. The number of rotatable bonds is 4. The van der Waals surface area contributed by atoms with Crippen LogP contribution in [0.2, 0.25) is 0 Å². The molecule has 0 radical (unpaired) electrons. The lowest BCUT2D eigenvalue weighted by atomic mass is 10.3. The third-order valence-corrected chi connectivity index (χ3v) is 2.62. The van der Waals surface area contributed by atoms with Crippen LogP contribution in [0.15, 0.2) is 0 Å². The number of nitrogens with one attached hydrogen (secondary N) is 2. The molecule has 1 atom stereocenters. The average Bonchev–Trinajstić information content (AvgIpc) is 2.24. The first-order valence-electron chi connectivity index (χ1n) is 4.80. The van der Waals surface area contributed by atoms with Crippen LogP contribution in [-0.2, 0) is 9.53 Å². The highest BCUT2D eigenvalue weighted by Crippen LogP contribution is 2.29. The van der Waals surface area contributed by atoms with E-state index in [2.05, 4.69) is 10.6 Å². The van der Waals surface area contributed by atoms with Crippen molar-refractivity contribution in [2.24, 2.45) is 0 Å². The number of thioether (sulfide) groups is 1. The van der Waals surface area contributed by atoms with Gasteiger partial charge in [-0.1, -0.05) is 0 Å². The Balaban J connectivity index is 0.00000256. The molecule has 4 nitrogen and oxygen atoms in total. The standard InChI is InChI=1S/C8H13F3N2O2S.ClH/c9-8(10,11)16-4-2-13-7(14)6-5-12-1-3-15-6;/h6,12H,1-5H2,(H,13,14);1H. The highest BCUT2D eigenvalue weighted by Gasteiger charge is 2.28. The molecule has 1 aliphatic rings. The van der Waals surface area contributed by atoms with Gasteiger partial charge in [0, 0.05) is 25.4 Å². The number of hydrogen-bond donors (Lipinski definition) is 2. The Bertz CT molecular complexity index is 237. The zero-order valence-corrected chi connectivity index (χ0v) is 10.5. The molecule has 1 unspecified atom stereocenters. The minimum atomic E-state index is -4.24. The molecule has 17 heavy (non-hydrogen) atoms. The lowest BCUT2D eigenvalue weighted by molar-refractivity contribution is -0.134. The maximum atomic E-state index is 11.8. The van der Waals surface area contributed by atoms with Crippen molar-refractivity contribution in [2.75, 3.05) is 32.0 Å². The SMILES string of the molecule is Cl.O=C(NCCSC(F)(F)F)C1CNCCO1. The van der Waals surface area contributed by atoms with Gasteiger partial charge in [0.15, 0.2) is 0 Å². The van der Waals surface area contributed by atoms with Crippen molar-refractivity contribution in [1.29, 1.82) is 0 Å². The van der Waals surface area contributed by atoms with Gasteiger partial charge in [0.2, 0.25) is 5.91 Å². The summed E-state index contributed by atoms with van der Waals surface area (Å²) in [5, 5.41) is 5.36. The Morgan fingerprint density at radius 2 is 2.24 bits per heavy atom. The molecule has 1 fully saturated rings. The van der Waals surface area contributed by atoms with Crippen molar-refractivity contribution in [3.05, 3.63) is 0 Å². The van der Waals surface area contributed by atoms with Crippen molar-refractivity contribution >= 4 is 30.1 Å². The second-order valence-electron chi connectivity index (χ2n) is 3.15. The molecular formula is C8H14ClF3N2O2S. The van der Waals surface area contributed by atoms with Gasteiger partial charge in [-0.15, -0.1) is 12.4 Å². The Kier molecular flexibility index (Phi) is 7.93. The fraction of sp³-hybridized carbons (Fsp3) is 0.875. The second kappa shape index (κ2) is 8.02. The van der Waals surface area contributed by atoms with Crippen LogP contribution in [0.1, 0.15) is 0 Å². The van der Waals surface area contributed by atoms with E-state index in [1.54, 1.807) is 0 Å². The van der Waals surface area contributed by atoms with Crippen LogP contribution in [0.25, 0.3) is 0 Å². The molecule has 1 aliphatic heterocycles. The number of carbonyl (C=O) groups excluding carboxylic acids is 1. The number of alkyl halides is 3. The molecule has 0 bridgehead atoms. The lowest BCUT2D eigenvalue weighted by Gasteiger charge is -2.22. The highest BCUT2D eigenvalue weighted by molar-refractivity contribution is 8.00. The van der Waals surface area contributed by atoms with E-state index in [0.29, 0.717) is 19.7 Å². The van der Waals surface area contributed by atoms with E-state index in [1.165, 1.54) is 0 Å². The van der Waals surface area contributed by atoms with Crippen molar-refractivity contribution in [3.8, 4) is 0 Å². The number of hydrogen-bond acceptors (Lipinski definition) is 4. The van der Waals surface area contributed by atoms with E-state index in [9.17, 15) is 18.0 Å². The first-order chi connectivity index (χ1) is 7.49. The molecule has 1 saturated heterocycles. The molecule has 1 heterocycles. The number of amides is 1. The molecule has 1 rings (SSSR count). The monoisotopic (exact) mass is 294 g/mol. The lowest BCUT2D eigenvalue weighted by Crippen LogP contribution is -2.48. The van der Waals surface area contributed by atoms with E-state index in [4.69, 9.17) is 4.74 Å². The van der Waals surface area contributed by atoms with Gasteiger partial charge < -0.3 is 15.4 Å². The minimum absolute atomic E-state index is 0. The van der Waals surface area contributed by atoms with Gasteiger partial charge in [-0.3, -0.25) is 4.79 Å². The van der Waals surface area contributed by atoms with Gasteiger partial charge in [0.05, 0.1) is 6.61 Å². The Labute approximate surface area is 107 Å². The van der Waals surface area contributed by atoms with Crippen molar-refractivity contribution in [2.45, 2.75) is 11.6 Å². The molecule has 102 valence electrons. The Morgan fingerprint density at radius 1 is 1.53 bits per heavy atom. The average molecular weight is 295 g/mol. The summed E-state index contributed by atoms with van der Waals surface area (Å²) in [6, 6.07) is 0. The van der Waals surface area contributed by atoms with E-state index in [-0.39, 0.29) is 42.4 Å². The van der Waals surface area contributed by atoms with Crippen molar-refractivity contribution in [3.63, 3.8) is 0 Å². The van der Waals surface area contributed by atoms with Gasteiger partial charge in [-0.25, -0.2) is 0 Å². The summed E-state index contributed by atoms with van der Waals surface area (Å²) in [6.45, 7) is 1.52. The highest BCUT2D eigenvalue weighted by atomic mass is 35.5. The predicted octanol–water partition coefficient (Wildman–Crippen LogP) is 0.766. The normalized spacial score (nSPS) is 20.5. The van der Waals surface area contributed by atoms with E-state index < -0.39 is 11.6 Å². The van der Waals surface area contributed by atoms with E-state index >= 15 is 0 Å². The third-order valence-electron chi connectivity index (χ3n) is 1.89. The van der Waals surface area contributed by atoms with E-state index in [0.717, 1.165) is 0 Å². The molecule has 0 spiro atoms. The smallest absolute Gasteiger partial charge is 0.366 e. The van der Waals surface area contributed by atoms with E-state index in [1.807, 2.05) is 0 Å².